The molecule has 0 saturated heterocycles. The second-order valence-corrected chi connectivity index (χ2v) is 5.83. The van der Waals surface area contributed by atoms with Gasteiger partial charge in [-0.25, -0.2) is 0 Å². The van der Waals surface area contributed by atoms with Gasteiger partial charge in [0.1, 0.15) is 0 Å². The number of rotatable bonds is 6. The number of carboxylic acids is 1. The highest BCUT2D eigenvalue weighted by atomic mass is 16.4. The molecule has 0 radical (unpaired) electrons. The van der Waals surface area contributed by atoms with Crippen LogP contribution in [0.15, 0.2) is 30.3 Å². The molecule has 1 unspecified atom stereocenters. The van der Waals surface area contributed by atoms with E-state index in [9.17, 15) is 4.79 Å². The van der Waals surface area contributed by atoms with Gasteiger partial charge >= 0.3 is 5.97 Å². The summed E-state index contributed by atoms with van der Waals surface area (Å²) in [6.45, 7) is 7.09. The van der Waals surface area contributed by atoms with Crippen LogP contribution in [0.4, 0.5) is 0 Å². The SMILES string of the molecule is CC(C)(C)CC(NCCC(=O)O)c1ccccc1. The van der Waals surface area contributed by atoms with Gasteiger partial charge < -0.3 is 10.4 Å². The first-order valence-corrected chi connectivity index (χ1v) is 6.38. The van der Waals surface area contributed by atoms with Gasteiger partial charge in [-0.3, -0.25) is 4.79 Å². The Hall–Kier alpha value is -1.35. The molecule has 0 spiro atoms. The molecule has 3 heteroatoms. The van der Waals surface area contributed by atoms with E-state index in [1.165, 1.54) is 5.56 Å². The van der Waals surface area contributed by atoms with Crippen LogP contribution in [0.2, 0.25) is 0 Å². The van der Waals surface area contributed by atoms with E-state index in [0.29, 0.717) is 6.54 Å². The van der Waals surface area contributed by atoms with Crippen molar-refractivity contribution in [2.24, 2.45) is 5.41 Å². The number of benzene rings is 1. The Bertz CT molecular complexity index is 368. The molecule has 18 heavy (non-hydrogen) atoms. The molecule has 0 saturated carbocycles. The Balaban J connectivity index is 2.67. The first kappa shape index (κ1) is 14.7. The van der Waals surface area contributed by atoms with Gasteiger partial charge in [0.15, 0.2) is 0 Å². The normalized spacial score (nSPS) is 13.3. The Morgan fingerprint density at radius 2 is 1.89 bits per heavy atom. The summed E-state index contributed by atoms with van der Waals surface area (Å²) in [6.07, 6.45) is 1.14. The summed E-state index contributed by atoms with van der Waals surface area (Å²) in [5.74, 6) is -0.759. The first-order chi connectivity index (χ1) is 8.38. The van der Waals surface area contributed by atoms with Crippen molar-refractivity contribution < 1.29 is 9.90 Å². The predicted octanol–water partition coefficient (Wildman–Crippen LogP) is 3.23. The van der Waals surface area contributed by atoms with E-state index < -0.39 is 5.97 Å². The minimum Gasteiger partial charge on any atom is -0.481 e. The van der Waals surface area contributed by atoms with Crippen LogP contribution < -0.4 is 5.32 Å². The number of hydrogen-bond donors (Lipinski definition) is 2. The fraction of sp³-hybridized carbons (Fsp3) is 0.533. The van der Waals surface area contributed by atoms with E-state index in [-0.39, 0.29) is 17.9 Å². The summed E-state index contributed by atoms with van der Waals surface area (Å²) in [4.78, 5) is 10.6. The van der Waals surface area contributed by atoms with E-state index in [1.54, 1.807) is 0 Å². The lowest BCUT2D eigenvalue weighted by Gasteiger charge is -2.27. The van der Waals surface area contributed by atoms with Gasteiger partial charge in [0.25, 0.3) is 0 Å². The van der Waals surface area contributed by atoms with Gasteiger partial charge in [-0.05, 0) is 17.4 Å². The highest BCUT2D eigenvalue weighted by Crippen LogP contribution is 2.29. The maximum Gasteiger partial charge on any atom is 0.304 e. The van der Waals surface area contributed by atoms with Crippen LogP contribution in [-0.2, 0) is 4.79 Å². The molecular weight excluding hydrogens is 226 g/mol. The lowest BCUT2D eigenvalue weighted by atomic mass is 9.85. The molecule has 0 fully saturated rings. The van der Waals surface area contributed by atoms with Crippen molar-refractivity contribution in [2.75, 3.05) is 6.54 Å². The van der Waals surface area contributed by atoms with Crippen molar-refractivity contribution in [2.45, 2.75) is 39.7 Å². The number of nitrogens with one attached hydrogen (secondary N) is 1. The van der Waals surface area contributed by atoms with Gasteiger partial charge in [0.05, 0.1) is 6.42 Å². The minimum absolute atomic E-state index is 0.160. The quantitative estimate of drug-likeness (QED) is 0.813. The first-order valence-electron chi connectivity index (χ1n) is 6.38. The fourth-order valence-corrected chi connectivity index (χ4v) is 1.96. The predicted molar refractivity (Wildman–Crippen MR) is 73.5 cm³/mol. The highest BCUT2D eigenvalue weighted by molar-refractivity contribution is 5.66. The van der Waals surface area contributed by atoms with Crippen LogP contribution in [0, 0.1) is 5.41 Å². The molecule has 0 bridgehead atoms. The largest absolute Gasteiger partial charge is 0.481 e. The van der Waals surface area contributed by atoms with Crippen LogP contribution in [0.25, 0.3) is 0 Å². The molecule has 1 aromatic rings. The Morgan fingerprint density at radius 3 is 2.39 bits per heavy atom. The van der Waals surface area contributed by atoms with Crippen LogP contribution in [-0.4, -0.2) is 17.6 Å². The molecule has 1 atom stereocenters. The summed E-state index contributed by atoms with van der Waals surface area (Å²) < 4.78 is 0. The number of aliphatic carboxylic acids is 1. The van der Waals surface area contributed by atoms with E-state index in [4.69, 9.17) is 5.11 Å². The zero-order valence-corrected chi connectivity index (χ0v) is 11.4. The molecule has 0 amide bonds. The van der Waals surface area contributed by atoms with E-state index in [1.807, 2.05) is 18.2 Å². The molecule has 0 aliphatic heterocycles. The van der Waals surface area contributed by atoms with Crippen molar-refractivity contribution in [3.05, 3.63) is 35.9 Å². The molecule has 0 heterocycles. The Kier molecular flexibility index (Phi) is 5.35. The number of carboxylic acid groups (broad SMARTS) is 1. The van der Waals surface area contributed by atoms with Crippen molar-refractivity contribution in [3.63, 3.8) is 0 Å². The van der Waals surface area contributed by atoms with Crippen LogP contribution in [0.3, 0.4) is 0 Å². The molecule has 0 aliphatic carbocycles. The van der Waals surface area contributed by atoms with Crippen LogP contribution in [0.1, 0.15) is 45.2 Å². The third-order valence-electron chi connectivity index (χ3n) is 2.75. The Morgan fingerprint density at radius 1 is 1.28 bits per heavy atom. The molecule has 1 aromatic carbocycles. The van der Waals surface area contributed by atoms with Gasteiger partial charge in [0.2, 0.25) is 0 Å². The van der Waals surface area contributed by atoms with Crippen LogP contribution in [0.5, 0.6) is 0 Å². The maximum absolute atomic E-state index is 10.6. The zero-order chi connectivity index (χ0) is 13.6. The second-order valence-electron chi connectivity index (χ2n) is 5.83. The summed E-state index contributed by atoms with van der Waals surface area (Å²) >= 11 is 0. The van der Waals surface area contributed by atoms with E-state index in [2.05, 4.69) is 38.2 Å². The summed E-state index contributed by atoms with van der Waals surface area (Å²) in [7, 11) is 0. The summed E-state index contributed by atoms with van der Waals surface area (Å²) in [5.41, 5.74) is 1.43. The number of carbonyl (C=O) groups is 1. The second kappa shape index (κ2) is 6.55. The Labute approximate surface area is 109 Å². The van der Waals surface area contributed by atoms with Gasteiger partial charge in [-0.15, -0.1) is 0 Å². The third-order valence-corrected chi connectivity index (χ3v) is 2.75. The minimum atomic E-state index is -0.759. The fourth-order valence-electron chi connectivity index (χ4n) is 1.96. The van der Waals surface area contributed by atoms with Crippen LogP contribution >= 0.6 is 0 Å². The van der Waals surface area contributed by atoms with Crippen molar-refractivity contribution in [3.8, 4) is 0 Å². The van der Waals surface area contributed by atoms with E-state index >= 15 is 0 Å². The smallest absolute Gasteiger partial charge is 0.304 e. The molecule has 0 aliphatic rings. The third kappa shape index (κ3) is 5.82. The highest BCUT2D eigenvalue weighted by Gasteiger charge is 2.19. The van der Waals surface area contributed by atoms with E-state index in [0.717, 1.165) is 6.42 Å². The van der Waals surface area contributed by atoms with Crippen molar-refractivity contribution >= 4 is 5.97 Å². The topological polar surface area (TPSA) is 49.3 Å². The lowest BCUT2D eigenvalue weighted by molar-refractivity contribution is -0.136. The van der Waals surface area contributed by atoms with Crippen molar-refractivity contribution in [1.82, 2.24) is 5.32 Å². The van der Waals surface area contributed by atoms with Gasteiger partial charge in [-0.1, -0.05) is 51.1 Å². The molecule has 0 aromatic heterocycles. The monoisotopic (exact) mass is 249 g/mol. The molecule has 100 valence electrons. The molecular formula is C15H23NO2. The summed E-state index contributed by atoms with van der Waals surface area (Å²) in [5, 5.41) is 12.0. The summed E-state index contributed by atoms with van der Waals surface area (Å²) in [6, 6.07) is 10.4. The molecule has 3 nitrogen and oxygen atoms in total. The molecule has 1 rings (SSSR count). The average Bonchev–Trinajstić information content (AvgIpc) is 2.27. The lowest BCUT2D eigenvalue weighted by Crippen LogP contribution is -2.27. The van der Waals surface area contributed by atoms with Gasteiger partial charge in [0, 0.05) is 12.6 Å². The zero-order valence-electron chi connectivity index (χ0n) is 11.4. The standard InChI is InChI=1S/C15H23NO2/c1-15(2,3)11-13(16-10-9-14(17)18)12-7-5-4-6-8-12/h4-8,13,16H,9-11H2,1-3H3,(H,17,18). The molecule has 2 N–H and O–H groups in total. The number of hydrogen-bond acceptors (Lipinski definition) is 2. The van der Waals surface area contributed by atoms with Gasteiger partial charge in [-0.2, -0.15) is 0 Å². The average molecular weight is 249 g/mol. The van der Waals surface area contributed by atoms with Crippen molar-refractivity contribution in [1.29, 1.82) is 0 Å². The maximum atomic E-state index is 10.6.